The van der Waals surface area contributed by atoms with E-state index in [4.69, 9.17) is 27.6 Å². The Morgan fingerprint density at radius 1 is 1.21 bits per heavy atom. The molecule has 24 heavy (non-hydrogen) atoms. The lowest BCUT2D eigenvalue weighted by molar-refractivity contribution is 0.0456. The third-order valence-electron chi connectivity index (χ3n) is 4.42. The summed E-state index contributed by atoms with van der Waals surface area (Å²) in [5.74, 6) is 0.951. The molecule has 0 aliphatic carbocycles. The molecular formula is C17H21Cl2N3O2. The molecule has 0 spiro atoms. The Hall–Kier alpha value is -1.11. The molecule has 1 saturated heterocycles. The van der Waals surface area contributed by atoms with Crippen LogP contribution in [0.25, 0.3) is 0 Å². The van der Waals surface area contributed by atoms with Gasteiger partial charge >= 0.3 is 0 Å². The summed E-state index contributed by atoms with van der Waals surface area (Å²) in [6.07, 6.45) is 5.68. The summed E-state index contributed by atoms with van der Waals surface area (Å²) in [6.45, 7) is 4.31. The molecule has 0 amide bonds. The quantitative estimate of drug-likeness (QED) is 0.847. The van der Waals surface area contributed by atoms with Gasteiger partial charge in [-0.25, -0.2) is 0 Å². The zero-order valence-corrected chi connectivity index (χ0v) is 14.9. The van der Waals surface area contributed by atoms with Crippen LogP contribution in [0.2, 0.25) is 10.0 Å². The van der Waals surface area contributed by atoms with Crippen molar-refractivity contribution in [3.63, 3.8) is 0 Å². The van der Waals surface area contributed by atoms with Crippen LogP contribution in [0.4, 0.5) is 0 Å². The maximum absolute atomic E-state index is 9.41. The number of hydrogen-bond donors (Lipinski definition) is 1. The lowest BCUT2D eigenvalue weighted by Crippen LogP contribution is -2.52. The lowest BCUT2D eigenvalue weighted by atomic mass is 10.1. The number of piperazine rings is 1. The van der Waals surface area contributed by atoms with Crippen molar-refractivity contribution in [2.75, 3.05) is 26.2 Å². The zero-order chi connectivity index (χ0) is 16.9. The number of furan rings is 1. The van der Waals surface area contributed by atoms with E-state index in [9.17, 15) is 5.11 Å². The first-order valence-corrected chi connectivity index (χ1v) is 8.80. The second kappa shape index (κ2) is 8.32. The largest absolute Gasteiger partial charge is 0.468 e. The van der Waals surface area contributed by atoms with Crippen molar-refractivity contribution in [2.45, 2.75) is 25.6 Å². The van der Waals surface area contributed by atoms with Crippen molar-refractivity contribution in [3.8, 4) is 0 Å². The van der Waals surface area contributed by atoms with Gasteiger partial charge < -0.3 is 9.52 Å². The first-order valence-electron chi connectivity index (χ1n) is 8.05. The second-order valence-electron chi connectivity index (χ2n) is 6.03. The van der Waals surface area contributed by atoms with Crippen molar-refractivity contribution in [1.82, 2.24) is 14.8 Å². The molecule has 2 aromatic rings. The number of rotatable bonds is 6. The molecule has 3 rings (SSSR count). The molecule has 2 aromatic heterocycles. The number of halogens is 2. The Bertz CT molecular complexity index is 631. The van der Waals surface area contributed by atoms with Crippen LogP contribution >= 0.6 is 23.2 Å². The van der Waals surface area contributed by atoms with E-state index in [-0.39, 0.29) is 12.6 Å². The summed E-state index contributed by atoms with van der Waals surface area (Å²) in [4.78, 5) is 8.69. The molecular weight excluding hydrogens is 349 g/mol. The van der Waals surface area contributed by atoms with Gasteiger partial charge in [-0.2, -0.15) is 0 Å². The molecule has 1 unspecified atom stereocenters. The predicted octanol–water partition coefficient (Wildman–Crippen LogP) is 3.05. The van der Waals surface area contributed by atoms with Crippen LogP contribution in [0.1, 0.15) is 17.7 Å². The molecule has 5 nitrogen and oxygen atoms in total. The molecule has 1 aliphatic heterocycles. The molecule has 1 aliphatic rings. The minimum Gasteiger partial charge on any atom is -0.468 e. The van der Waals surface area contributed by atoms with E-state index in [0.717, 1.165) is 43.9 Å². The molecule has 1 atom stereocenters. The van der Waals surface area contributed by atoms with Crippen LogP contribution in [0.3, 0.4) is 0 Å². The summed E-state index contributed by atoms with van der Waals surface area (Å²) in [5, 5.41) is 10.6. The number of hydrogen-bond acceptors (Lipinski definition) is 5. The Kier molecular flexibility index (Phi) is 6.14. The van der Waals surface area contributed by atoms with Gasteiger partial charge in [0.15, 0.2) is 0 Å². The lowest BCUT2D eigenvalue weighted by Gasteiger charge is -2.41. The SMILES string of the molecule is OCCC1CN(Cc2c(Cl)cncc2Cl)CCN1Cc1ccco1. The molecule has 0 radical (unpaired) electrons. The molecule has 130 valence electrons. The van der Waals surface area contributed by atoms with Crippen LogP contribution < -0.4 is 0 Å². The molecule has 3 heterocycles. The van der Waals surface area contributed by atoms with Gasteiger partial charge in [-0.1, -0.05) is 23.2 Å². The molecule has 1 N–H and O–H groups in total. The van der Waals surface area contributed by atoms with Gasteiger partial charge in [-0.15, -0.1) is 0 Å². The Morgan fingerprint density at radius 2 is 2.00 bits per heavy atom. The van der Waals surface area contributed by atoms with Crippen molar-refractivity contribution in [2.24, 2.45) is 0 Å². The fourth-order valence-electron chi connectivity index (χ4n) is 3.15. The fraction of sp³-hybridized carbons (Fsp3) is 0.471. The van der Waals surface area contributed by atoms with E-state index in [2.05, 4.69) is 14.8 Å². The molecule has 1 fully saturated rings. The second-order valence-corrected chi connectivity index (χ2v) is 6.85. The first kappa shape index (κ1) is 17.7. The van der Waals surface area contributed by atoms with Crippen molar-refractivity contribution < 1.29 is 9.52 Å². The topological polar surface area (TPSA) is 52.7 Å². The maximum Gasteiger partial charge on any atom is 0.117 e. The normalized spacial score (nSPS) is 19.7. The van der Waals surface area contributed by atoms with E-state index >= 15 is 0 Å². The van der Waals surface area contributed by atoms with Crippen LogP contribution in [0, 0.1) is 0 Å². The molecule has 0 bridgehead atoms. The van der Waals surface area contributed by atoms with Gasteiger partial charge in [0.2, 0.25) is 0 Å². The number of nitrogens with zero attached hydrogens (tertiary/aromatic N) is 3. The van der Waals surface area contributed by atoms with Gasteiger partial charge in [0, 0.05) is 56.8 Å². The number of aliphatic hydroxyl groups is 1. The molecule has 0 saturated carbocycles. The monoisotopic (exact) mass is 369 g/mol. The zero-order valence-electron chi connectivity index (χ0n) is 13.4. The van der Waals surface area contributed by atoms with Gasteiger partial charge in [-0.3, -0.25) is 14.8 Å². The summed E-state index contributed by atoms with van der Waals surface area (Å²) < 4.78 is 5.46. The summed E-state index contributed by atoms with van der Waals surface area (Å²) in [6, 6.07) is 4.16. The van der Waals surface area contributed by atoms with Gasteiger partial charge in [0.05, 0.1) is 22.9 Å². The summed E-state index contributed by atoms with van der Waals surface area (Å²) in [7, 11) is 0. The first-order chi connectivity index (χ1) is 11.7. The van der Waals surface area contributed by atoms with Crippen molar-refractivity contribution in [3.05, 3.63) is 52.2 Å². The van der Waals surface area contributed by atoms with Crippen LogP contribution in [0.15, 0.2) is 35.2 Å². The number of pyridine rings is 1. The van der Waals surface area contributed by atoms with Crippen molar-refractivity contribution >= 4 is 23.2 Å². The van der Waals surface area contributed by atoms with Crippen LogP contribution in [-0.4, -0.2) is 52.2 Å². The standard InChI is InChI=1S/C17H21Cl2N3O2/c18-16-8-20-9-17(19)15(16)12-21-4-5-22(13(10-21)3-6-23)11-14-2-1-7-24-14/h1-2,7-9,13,23H,3-6,10-12H2. The average molecular weight is 370 g/mol. The van der Waals surface area contributed by atoms with Crippen LogP contribution in [-0.2, 0) is 13.1 Å². The third-order valence-corrected chi connectivity index (χ3v) is 5.08. The van der Waals surface area contributed by atoms with E-state index in [1.54, 1.807) is 18.7 Å². The highest BCUT2D eigenvalue weighted by Gasteiger charge is 2.28. The maximum atomic E-state index is 9.41. The van der Waals surface area contributed by atoms with E-state index in [1.807, 2.05) is 12.1 Å². The van der Waals surface area contributed by atoms with E-state index < -0.39 is 0 Å². The van der Waals surface area contributed by atoms with Crippen LogP contribution in [0.5, 0.6) is 0 Å². The summed E-state index contributed by atoms with van der Waals surface area (Å²) >= 11 is 12.5. The number of aromatic nitrogens is 1. The highest BCUT2D eigenvalue weighted by Crippen LogP contribution is 2.26. The van der Waals surface area contributed by atoms with Gasteiger partial charge in [0.1, 0.15) is 5.76 Å². The minimum absolute atomic E-state index is 0.171. The van der Waals surface area contributed by atoms with E-state index in [0.29, 0.717) is 16.6 Å². The predicted molar refractivity (Wildman–Crippen MR) is 94.1 cm³/mol. The highest BCUT2D eigenvalue weighted by molar-refractivity contribution is 6.35. The fourth-order valence-corrected chi connectivity index (χ4v) is 3.63. The van der Waals surface area contributed by atoms with Crippen molar-refractivity contribution in [1.29, 1.82) is 0 Å². The molecule has 0 aromatic carbocycles. The summed E-state index contributed by atoms with van der Waals surface area (Å²) in [5.41, 5.74) is 0.913. The average Bonchev–Trinajstić information content (AvgIpc) is 3.07. The minimum atomic E-state index is 0.171. The highest BCUT2D eigenvalue weighted by atomic mass is 35.5. The van der Waals surface area contributed by atoms with Gasteiger partial charge in [0.25, 0.3) is 0 Å². The van der Waals surface area contributed by atoms with Gasteiger partial charge in [-0.05, 0) is 18.6 Å². The Labute approximate surface area is 151 Å². The van der Waals surface area contributed by atoms with E-state index in [1.165, 1.54) is 0 Å². The number of aliphatic hydroxyl groups excluding tert-OH is 1. The Balaban J connectivity index is 1.66. The smallest absolute Gasteiger partial charge is 0.117 e. The Morgan fingerprint density at radius 3 is 2.67 bits per heavy atom. The molecule has 7 heteroatoms. The third kappa shape index (κ3) is 4.29.